The average Bonchev–Trinajstić information content (AvgIpc) is 2.40. The van der Waals surface area contributed by atoms with Gasteiger partial charge in [0.2, 0.25) is 5.91 Å². The molecule has 1 unspecified atom stereocenters. The minimum Gasteiger partial charge on any atom is -0.481 e. The average molecular weight is 294 g/mol. The lowest BCUT2D eigenvalue weighted by molar-refractivity contribution is -0.384. The Labute approximate surface area is 119 Å². The van der Waals surface area contributed by atoms with Crippen LogP contribution in [0.2, 0.25) is 0 Å². The number of carboxylic acids is 1. The Kier molecular flexibility index (Phi) is 4.18. The number of hydrogen-bond acceptors (Lipinski definition) is 5. The number of aliphatic hydroxyl groups excluding tert-OH is 1. The van der Waals surface area contributed by atoms with E-state index in [1.807, 2.05) is 0 Å². The molecule has 1 aliphatic heterocycles. The number of nitrogens with zero attached hydrogens (tertiary/aromatic N) is 2. The first-order valence-electron chi connectivity index (χ1n) is 6.36. The molecule has 0 bridgehead atoms. The van der Waals surface area contributed by atoms with Crippen LogP contribution in [0.3, 0.4) is 0 Å². The summed E-state index contributed by atoms with van der Waals surface area (Å²) in [6.07, 6.45) is -1.09. The van der Waals surface area contributed by atoms with Crippen LogP contribution >= 0.6 is 0 Å². The molecule has 8 nitrogen and oxygen atoms in total. The Bertz CT molecular complexity index is 600. The van der Waals surface area contributed by atoms with E-state index in [9.17, 15) is 24.8 Å². The van der Waals surface area contributed by atoms with Gasteiger partial charge in [0, 0.05) is 24.2 Å². The third-order valence-corrected chi connectivity index (χ3v) is 3.28. The summed E-state index contributed by atoms with van der Waals surface area (Å²) in [4.78, 5) is 34.0. The zero-order chi connectivity index (χ0) is 15.6. The van der Waals surface area contributed by atoms with Gasteiger partial charge in [-0.3, -0.25) is 19.7 Å². The number of nitro groups is 1. The first-order valence-corrected chi connectivity index (χ1v) is 6.36. The lowest BCUT2D eigenvalue weighted by Gasteiger charge is -2.30. The molecule has 2 N–H and O–H groups in total. The number of hydrogen-bond donors (Lipinski definition) is 2. The second-order valence-electron chi connectivity index (χ2n) is 4.83. The van der Waals surface area contributed by atoms with E-state index in [1.165, 1.54) is 23.1 Å². The zero-order valence-electron chi connectivity index (χ0n) is 11.1. The summed E-state index contributed by atoms with van der Waals surface area (Å²) in [6, 6.07) is 4.14. The van der Waals surface area contributed by atoms with Crippen LogP contribution in [0.15, 0.2) is 18.2 Å². The van der Waals surface area contributed by atoms with Crippen LogP contribution < -0.4 is 4.90 Å². The summed E-state index contributed by atoms with van der Waals surface area (Å²) in [5.41, 5.74) is 1.07. The number of anilines is 1. The first kappa shape index (κ1) is 14.9. The molecule has 8 heteroatoms. The van der Waals surface area contributed by atoms with E-state index in [0.29, 0.717) is 17.7 Å². The Morgan fingerprint density at radius 1 is 1.43 bits per heavy atom. The van der Waals surface area contributed by atoms with E-state index in [0.717, 1.165) is 0 Å². The van der Waals surface area contributed by atoms with Gasteiger partial charge in [-0.05, 0) is 18.1 Å². The highest BCUT2D eigenvalue weighted by atomic mass is 16.6. The van der Waals surface area contributed by atoms with E-state index in [4.69, 9.17) is 5.11 Å². The molecule has 0 spiro atoms. The maximum absolute atomic E-state index is 11.9. The van der Waals surface area contributed by atoms with Crippen molar-refractivity contribution in [3.63, 3.8) is 0 Å². The quantitative estimate of drug-likeness (QED) is 0.609. The summed E-state index contributed by atoms with van der Waals surface area (Å²) in [5, 5.41) is 29.1. The molecule has 1 atom stereocenters. The fourth-order valence-electron chi connectivity index (χ4n) is 2.34. The highest BCUT2D eigenvalue weighted by molar-refractivity contribution is 5.96. The van der Waals surface area contributed by atoms with E-state index >= 15 is 0 Å². The van der Waals surface area contributed by atoms with Crippen molar-refractivity contribution in [1.29, 1.82) is 0 Å². The number of amides is 1. The number of carbonyl (C=O) groups is 2. The van der Waals surface area contributed by atoms with Gasteiger partial charge in [-0.2, -0.15) is 0 Å². The number of non-ortho nitro benzene ring substituents is 1. The van der Waals surface area contributed by atoms with E-state index < -0.39 is 23.4 Å². The van der Waals surface area contributed by atoms with Gasteiger partial charge in [0.15, 0.2) is 0 Å². The molecular weight excluding hydrogens is 280 g/mol. The number of aryl methyl sites for hydroxylation is 1. The van der Waals surface area contributed by atoms with Crippen LogP contribution in [0.25, 0.3) is 0 Å². The molecule has 2 rings (SSSR count). The molecule has 0 aliphatic carbocycles. The Morgan fingerprint density at radius 3 is 2.76 bits per heavy atom. The van der Waals surface area contributed by atoms with Crippen LogP contribution in [-0.2, 0) is 16.0 Å². The maximum Gasteiger partial charge on any atom is 0.306 e. The number of aliphatic hydroxyl groups is 1. The fourth-order valence-corrected chi connectivity index (χ4v) is 2.34. The van der Waals surface area contributed by atoms with Crippen molar-refractivity contribution < 1.29 is 24.7 Å². The number of carbonyl (C=O) groups excluding carboxylic acids is 1. The van der Waals surface area contributed by atoms with E-state index in [1.54, 1.807) is 0 Å². The van der Waals surface area contributed by atoms with Gasteiger partial charge in [-0.1, -0.05) is 0 Å². The third kappa shape index (κ3) is 3.34. The van der Waals surface area contributed by atoms with Crippen molar-refractivity contribution in [2.45, 2.75) is 25.4 Å². The standard InChI is InChI=1S/C13H14N2O6/c16-10(6-13(18)19)7-14-11-3-2-9(15(20)21)5-8(11)1-4-12(14)17/h2-3,5,10,16H,1,4,6-7H2,(H,18,19). The van der Waals surface area contributed by atoms with Crippen LogP contribution in [0.4, 0.5) is 11.4 Å². The molecule has 1 aliphatic rings. The van der Waals surface area contributed by atoms with Crippen molar-refractivity contribution in [2.24, 2.45) is 0 Å². The predicted molar refractivity (Wildman–Crippen MR) is 72.0 cm³/mol. The van der Waals surface area contributed by atoms with Crippen molar-refractivity contribution >= 4 is 23.3 Å². The molecule has 1 heterocycles. The van der Waals surface area contributed by atoms with Gasteiger partial charge in [0.25, 0.3) is 5.69 Å². The second-order valence-corrected chi connectivity index (χ2v) is 4.83. The summed E-state index contributed by atoms with van der Waals surface area (Å²) in [7, 11) is 0. The van der Waals surface area contributed by atoms with Gasteiger partial charge < -0.3 is 15.1 Å². The predicted octanol–water partition coefficient (Wildman–Crippen LogP) is 0.710. The highest BCUT2D eigenvalue weighted by Gasteiger charge is 2.28. The lowest BCUT2D eigenvalue weighted by atomic mass is 10.00. The normalized spacial score (nSPS) is 15.5. The topological polar surface area (TPSA) is 121 Å². The number of rotatable bonds is 5. The zero-order valence-corrected chi connectivity index (χ0v) is 11.1. The molecule has 21 heavy (non-hydrogen) atoms. The smallest absolute Gasteiger partial charge is 0.306 e. The minimum absolute atomic E-state index is 0.0610. The van der Waals surface area contributed by atoms with Crippen LogP contribution in [0.5, 0.6) is 0 Å². The monoisotopic (exact) mass is 294 g/mol. The molecule has 0 saturated carbocycles. The number of benzene rings is 1. The van der Waals surface area contributed by atoms with Crippen molar-refractivity contribution in [3.05, 3.63) is 33.9 Å². The van der Waals surface area contributed by atoms with Crippen LogP contribution in [0, 0.1) is 10.1 Å². The number of carboxylic acid groups (broad SMARTS) is 1. The molecule has 1 aromatic carbocycles. The van der Waals surface area contributed by atoms with Crippen molar-refractivity contribution in [1.82, 2.24) is 0 Å². The summed E-state index contributed by atoms with van der Waals surface area (Å²) in [5.74, 6) is -1.39. The van der Waals surface area contributed by atoms with Crippen LogP contribution in [0.1, 0.15) is 18.4 Å². The summed E-state index contributed by atoms with van der Waals surface area (Å²) < 4.78 is 0. The molecule has 0 saturated heterocycles. The molecular formula is C13H14N2O6. The number of β-amino-alcohol motifs (C(OH)–C–C–N with tert-alkyl or cyclic N) is 1. The summed E-state index contributed by atoms with van der Waals surface area (Å²) in [6.45, 7) is -0.143. The Morgan fingerprint density at radius 2 is 2.14 bits per heavy atom. The fraction of sp³-hybridized carbons (Fsp3) is 0.385. The Hall–Kier alpha value is -2.48. The van der Waals surface area contributed by atoms with Crippen LogP contribution in [-0.4, -0.2) is 39.7 Å². The van der Waals surface area contributed by atoms with Crippen molar-refractivity contribution in [3.8, 4) is 0 Å². The molecule has 112 valence electrons. The lowest BCUT2D eigenvalue weighted by Crippen LogP contribution is -2.41. The molecule has 0 radical (unpaired) electrons. The molecule has 0 fully saturated rings. The highest BCUT2D eigenvalue weighted by Crippen LogP contribution is 2.31. The molecule has 0 aromatic heterocycles. The first-order chi connectivity index (χ1) is 9.88. The SMILES string of the molecule is O=C(O)CC(O)CN1C(=O)CCc2cc([N+](=O)[O-])ccc21. The van der Waals surface area contributed by atoms with Gasteiger partial charge in [-0.25, -0.2) is 0 Å². The Balaban J connectivity index is 2.25. The van der Waals surface area contributed by atoms with Gasteiger partial charge in [-0.15, -0.1) is 0 Å². The second kappa shape index (κ2) is 5.88. The van der Waals surface area contributed by atoms with Crippen molar-refractivity contribution in [2.75, 3.05) is 11.4 Å². The van der Waals surface area contributed by atoms with Gasteiger partial charge in [0.1, 0.15) is 0 Å². The maximum atomic E-state index is 11.9. The number of aliphatic carboxylic acids is 1. The largest absolute Gasteiger partial charge is 0.481 e. The molecule has 1 aromatic rings. The van der Waals surface area contributed by atoms with Gasteiger partial charge >= 0.3 is 5.97 Å². The van der Waals surface area contributed by atoms with E-state index in [2.05, 4.69) is 0 Å². The van der Waals surface area contributed by atoms with E-state index in [-0.39, 0.29) is 24.6 Å². The number of fused-ring (bicyclic) bond motifs is 1. The number of nitro benzene ring substituents is 1. The minimum atomic E-state index is -1.19. The molecule has 1 amide bonds. The van der Waals surface area contributed by atoms with Gasteiger partial charge in [0.05, 0.1) is 24.0 Å². The third-order valence-electron chi connectivity index (χ3n) is 3.28. The summed E-state index contributed by atoms with van der Waals surface area (Å²) >= 11 is 0.